The van der Waals surface area contributed by atoms with E-state index in [1.807, 2.05) is 5.43 Å². The molecule has 0 radical (unpaired) electrons. The van der Waals surface area contributed by atoms with Gasteiger partial charge in [0, 0.05) is 5.56 Å². The molecule has 1 aromatic rings. The molecule has 0 aliphatic carbocycles. The first-order valence-corrected chi connectivity index (χ1v) is 4.58. The van der Waals surface area contributed by atoms with Crippen LogP contribution in [-0.4, -0.2) is 23.2 Å². The molecule has 0 atom stereocenters. The maximum atomic E-state index is 10.5. The molecule has 0 spiro atoms. The summed E-state index contributed by atoms with van der Waals surface area (Å²) in [6.45, 7) is 0. The lowest BCUT2D eigenvalue weighted by molar-refractivity contribution is 0.249. The summed E-state index contributed by atoms with van der Waals surface area (Å²) in [5.74, 6) is 0. The van der Waals surface area contributed by atoms with Crippen LogP contribution in [-0.2, 0) is 0 Å². The molecule has 0 saturated carbocycles. The summed E-state index contributed by atoms with van der Waals surface area (Å²) < 4.78 is 0. The molecular formula is C9H9ClN4O2. The second-order valence-electron chi connectivity index (χ2n) is 2.70. The molecule has 16 heavy (non-hydrogen) atoms. The predicted octanol–water partition coefficient (Wildman–Crippen LogP) is 1.17. The summed E-state index contributed by atoms with van der Waals surface area (Å²) in [6, 6.07) is 5.94. The molecule has 0 unspecified atom stereocenters. The first kappa shape index (κ1) is 12.0. The van der Waals surface area contributed by atoms with Crippen molar-refractivity contribution >= 4 is 29.6 Å². The maximum absolute atomic E-state index is 10.5. The summed E-state index contributed by atoms with van der Waals surface area (Å²) in [5, 5.41) is 15.3. The van der Waals surface area contributed by atoms with Crippen molar-refractivity contribution in [2.75, 3.05) is 0 Å². The first-order valence-electron chi connectivity index (χ1n) is 4.20. The monoisotopic (exact) mass is 240 g/mol. The molecule has 0 aliphatic rings. The Hall–Kier alpha value is -2.08. The van der Waals surface area contributed by atoms with Crippen molar-refractivity contribution in [2.45, 2.75) is 0 Å². The first-order chi connectivity index (χ1) is 7.65. The van der Waals surface area contributed by atoms with Gasteiger partial charge in [-0.05, 0) is 6.07 Å². The number of hydrogen-bond acceptors (Lipinski definition) is 4. The van der Waals surface area contributed by atoms with Crippen LogP contribution in [0.4, 0.5) is 4.79 Å². The van der Waals surface area contributed by atoms with Gasteiger partial charge in [-0.2, -0.15) is 5.10 Å². The zero-order valence-corrected chi connectivity index (χ0v) is 8.85. The average molecular weight is 241 g/mol. The fourth-order valence-corrected chi connectivity index (χ4v) is 1.23. The summed E-state index contributed by atoms with van der Waals surface area (Å²) >= 11 is 5.90. The number of rotatable bonds is 3. The van der Waals surface area contributed by atoms with Gasteiger partial charge in [-0.25, -0.2) is 10.2 Å². The lowest BCUT2D eigenvalue weighted by Crippen LogP contribution is -2.26. The van der Waals surface area contributed by atoms with Gasteiger partial charge in [-0.3, -0.25) is 0 Å². The summed E-state index contributed by atoms with van der Waals surface area (Å²) in [7, 11) is 0. The van der Waals surface area contributed by atoms with Gasteiger partial charge in [0.15, 0.2) is 0 Å². The average Bonchev–Trinajstić information content (AvgIpc) is 2.25. The number of carbonyl (C=O) groups excluding carboxylic acids is 1. The van der Waals surface area contributed by atoms with E-state index in [1.165, 1.54) is 0 Å². The van der Waals surface area contributed by atoms with Crippen molar-refractivity contribution in [3.63, 3.8) is 0 Å². The van der Waals surface area contributed by atoms with Crippen LogP contribution in [0, 0.1) is 0 Å². The highest BCUT2D eigenvalue weighted by Crippen LogP contribution is 2.15. The fourth-order valence-electron chi connectivity index (χ4n) is 0.998. The Balaban J connectivity index is 3.08. The summed E-state index contributed by atoms with van der Waals surface area (Å²) in [5.41, 5.74) is 7.57. The Morgan fingerprint density at radius 2 is 2.19 bits per heavy atom. The number of primary amides is 1. The number of nitrogens with two attached hydrogens (primary N) is 1. The van der Waals surface area contributed by atoms with Crippen molar-refractivity contribution in [3.05, 3.63) is 34.9 Å². The third kappa shape index (κ3) is 3.25. The van der Waals surface area contributed by atoms with E-state index in [9.17, 15) is 4.79 Å². The molecule has 0 fully saturated rings. The number of hydrazone groups is 1. The van der Waals surface area contributed by atoms with E-state index >= 15 is 0 Å². The Morgan fingerprint density at radius 1 is 1.50 bits per heavy atom. The van der Waals surface area contributed by atoms with Crippen LogP contribution in [0.1, 0.15) is 5.56 Å². The van der Waals surface area contributed by atoms with E-state index in [-0.39, 0.29) is 5.71 Å². The number of benzene rings is 1. The maximum Gasteiger partial charge on any atom is 0.332 e. The van der Waals surface area contributed by atoms with Crippen LogP contribution in [0.3, 0.4) is 0 Å². The molecule has 7 heteroatoms. The van der Waals surface area contributed by atoms with Crippen molar-refractivity contribution in [1.82, 2.24) is 5.43 Å². The van der Waals surface area contributed by atoms with Crippen LogP contribution >= 0.6 is 11.6 Å². The summed E-state index contributed by atoms with van der Waals surface area (Å²) in [4.78, 5) is 10.5. The molecule has 0 aromatic heterocycles. The van der Waals surface area contributed by atoms with Gasteiger partial charge in [0.1, 0.15) is 5.71 Å². The van der Waals surface area contributed by atoms with Crippen LogP contribution in [0.5, 0.6) is 0 Å². The molecule has 2 amide bonds. The molecule has 1 aromatic carbocycles. The van der Waals surface area contributed by atoms with Gasteiger partial charge in [-0.15, -0.1) is 0 Å². The standard InChI is InChI=1S/C9H9ClN4O2/c10-7-4-2-1-3-6(7)8(5-12-16)13-14-9(11)15/h1-5,16H,(H3,11,14,15)/b12-5+,13-8+. The molecule has 0 saturated heterocycles. The molecule has 6 nitrogen and oxygen atoms in total. The number of oxime groups is 1. The zero-order chi connectivity index (χ0) is 12.0. The van der Waals surface area contributed by atoms with Gasteiger partial charge in [0.05, 0.1) is 11.2 Å². The van der Waals surface area contributed by atoms with Crippen LogP contribution in [0.25, 0.3) is 0 Å². The van der Waals surface area contributed by atoms with E-state index in [2.05, 4.69) is 10.3 Å². The number of nitrogens with zero attached hydrogens (tertiary/aromatic N) is 2. The minimum atomic E-state index is -0.823. The second kappa shape index (κ2) is 5.72. The number of urea groups is 1. The Kier molecular flexibility index (Phi) is 4.28. The zero-order valence-electron chi connectivity index (χ0n) is 8.09. The highest BCUT2D eigenvalue weighted by Gasteiger charge is 2.06. The van der Waals surface area contributed by atoms with Gasteiger partial charge in [0.25, 0.3) is 0 Å². The Bertz CT molecular complexity index is 445. The Morgan fingerprint density at radius 3 is 2.75 bits per heavy atom. The second-order valence-corrected chi connectivity index (χ2v) is 3.10. The molecule has 1 rings (SSSR count). The third-order valence-corrected chi connectivity index (χ3v) is 1.95. The lowest BCUT2D eigenvalue weighted by Gasteiger charge is -2.02. The number of halogens is 1. The van der Waals surface area contributed by atoms with Crippen LogP contribution in [0.2, 0.25) is 5.02 Å². The van der Waals surface area contributed by atoms with Crippen molar-refractivity contribution in [3.8, 4) is 0 Å². The van der Waals surface area contributed by atoms with Crippen molar-refractivity contribution in [2.24, 2.45) is 16.0 Å². The molecule has 0 heterocycles. The Labute approximate surface area is 96.4 Å². The minimum Gasteiger partial charge on any atom is -0.411 e. The minimum absolute atomic E-state index is 0.187. The largest absolute Gasteiger partial charge is 0.411 e. The highest BCUT2D eigenvalue weighted by atomic mass is 35.5. The van der Waals surface area contributed by atoms with Gasteiger partial charge < -0.3 is 10.9 Å². The van der Waals surface area contributed by atoms with E-state index < -0.39 is 6.03 Å². The highest BCUT2D eigenvalue weighted by molar-refractivity contribution is 6.44. The SMILES string of the molecule is NC(=O)N/N=C(\C=N\O)c1ccccc1Cl. The van der Waals surface area contributed by atoms with Crippen molar-refractivity contribution in [1.29, 1.82) is 0 Å². The van der Waals surface area contributed by atoms with E-state index in [1.54, 1.807) is 24.3 Å². The normalized spacial score (nSPS) is 11.7. The van der Waals surface area contributed by atoms with E-state index in [4.69, 9.17) is 22.5 Å². The van der Waals surface area contributed by atoms with Gasteiger partial charge >= 0.3 is 6.03 Å². The van der Waals surface area contributed by atoms with Gasteiger partial charge in [0.2, 0.25) is 0 Å². The van der Waals surface area contributed by atoms with Crippen LogP contribution in [0.15, 0.2) is 34.5 Å². The quantitative estimate of drug-likeness (QED) is 0.420. The van der Waals surface area contributed by atoms with Crippen LogP contribution < -0.4 is 11.2 Å². The van der Waals surface area contributed by atoms with E-state index in [0.29, 0.717) is 10.6 Å². The number of carbonyl (C=O) groups is 1. The number of amides is 2. The predicted molar refractivity (Wildman–Crippen MR) is 61.0 cm³/mol. The number of hydrogen-bond donors (Lipinski definition) is 3. The van der Waals surface area contributed by atoms with E-state index in [0.717, 1.165) is 6.21 Å². The molecule has 84 valence electrons. The topological polar surface area (TPSA) is 100 Å². The van der Waals surface area contributed by atoms with Gasteiger partial charge in [-0.1, -0.05) is 35.0 Å². The number of nitrogens with one attached hydrogen (secondary N) is 1. The molecule has 0 aliphatic heterocycles. The van der Waals surface area contributed by atoms with Crippen molar-refractivity contribution < 1.29 is 10.0 Å². The molecule has 4 N–H and O–H groups in total. The lowest BCUT2D eigenvalue weighted by atomic mass is 10.1. The third-order valence-electron chi connectivity index (χ3n) is 1.62. The molecule has 0 bridgehead atoms. The molecular weight excluding hydrogens is 232 g/mol. The smallest absolute Gasteiger partial charge is 0.332 e. The summed E-state index contributed by atoms with van der Waals surface area (Å²) in [6.07, 6.45) is 1.04. The fraction of sp³-hybridized carbons (Fsp3) is 0.